The van der Waals surface area contributed by atoms with Crippen molar-refractivity contribution >= 4 is 5.91 Å². The van der Waals surface area contributed by atoms with E-state index in [1.165, 1.54) is 6.07 Å². The minimum Gasteiger partial charge on any atom is -0.488 e. The Morgan fingerprint density at radius 3 is 2.52 bits per heavy atom. The highest BCUT2D eigenvalue weighted by Crippen LogP contribution is 2.19. The number of hydrogen-bond acceptors (Lipinski definition) is 4. The van der Waals surface area contributed by atoms with Crippen molar-refractivity contribution in [2.45, 2.75) is 6.04 Å². The van der Waals surface area contributed by atoms with Crippen LogP contribution in [0.3, 0.4) is 0 Å². The summed E-state index contributed by atoms with van der Waals surface area (Å²) in [5.41, 5.74) is 0.865. The fourth-order valence-electron chi connectivity index (χ4n) is 2.18. The molecule has 0 saturated carbocycles. The van der Waals surface area contributed by atoms with Gasteiger partial charge in [0, 0.05) is 7.11 Å². The standard InChI is InChI=1S/C19H22FNO4/c1-23-11-12-24-14-19(22)21-17(15-7-3-2-4-8-15)13-25-18-10-6-5-9-16(18)20/h2-10,17H,11-14H2,1H3,(H,21,22). The fraction of sp³-hybridized carbons (Fsp3) is 0.316. The molecule has 0 aliphatic rings. The van der Waals surface area contributed by atoms with Gasteiger partial charge >= 0.3 is 0 Å². The third-order valence-electron chi connectivity index (χ3n) is 3.44. The molecule has 0 fully saturated rings. The molecule has 0 aliphatic heterocycles. The lowest BCUT2D eigenvalue weighted by Gasteiger charge is -2.20. The molecule has 0 aliphatic carbocycles. The van der Waals surface area contributed by atoms with Gasteiger partial charge in [-0.25, -0.2) is 4.39 Å². The van der Waals surface area contributed by atoms with Crippen LogP contribution in [0.2, 0.25) is 0 Å². The fourth-order valence-corrected chi connectivity index (χ4v) is 2.18. The number of methoxy groups -OCH3 is 1. The first-order chi connectivity index (χ1) is 12.2. The quantitative estimate of drug-likeness (QED) is 0.672. The molecule has 134 valence electrons. The Bertz CT molecular complexity index is 651. The molecule has 0 spiro atoms. The zero-order valence-electron chi connectivity index (χ0n) is 14.1. The van der Waals surface area contributed by atoms with Crippen LogP contribution in [0.25, 0.3) is 0 Å². The predicted molar refractivity (Wildman–Crippen MR) is 91.9 cm³/mol. The summed E-state index contributed by atoms with van der Waals surface area (Å²) in [5, 5.41) is 2.85. The predicted octanol–water partition coefficient (Wildman–Crippen LogP) is 2.73. The molecule has 1 unspecified atom stereocenters. The van der Waals surface area contributed by atoms with Gasteiger partial charge in [0.1, 0.15) is 13.2 Å². The van der Waals surface area contributed by atoms with Gasteiger partial charge < -0.3 is 19.5 Å². The number of para-hydroxylation sites is 1. The van der Waals surface area contributed by atoms with E-state index in [4.69, 9.17) is 14.2 Å². The van der Waals surface area contributed by atoms with E-state index >= 15 is 0 Å². The Labute approximate surface area is 146 Å². The highest BCUT2D eigenvalue weighted by atomic mass is 19.1. The van der Waals surface area contributed by atoms with Gasteiger partial charge in [-0.05, 0) is 17.7 Å². The van der Waals surface area contributed by atoms with E-state index in [0.717, 1.165) is 5.56 Å². The average Bonchev–Trinajstić information content (AvgIpc) is 2.64. The molecular weight excluding hydrogens is 325 g/mol. The molecule has 2 aromatic rings. The van der Waals surface area contributed by atoms with Gasteiger partial charge in [-0.2, -0.15) is 0 Å². The Kier molecular flexibility index (Phi) is 7.88. The van der Waals surface area contributed by atoms with Gasteiger partial charge in [0.2, 0.25) is 5.91 Å². The highest BCUT2D eigenvalue weighted by Gasteiger charge is 2.16. The summed E-state index contributed by atoms with van der Waals surface area (Å²) in [7, 11) is 1.56. The largest absolute Gasteiger partial charge is 0.488 e. The van der Waals surface area contributed by atoms with Crippen molar-refractivity contribution in [3.05, 3.63) is 66.0 Å². The monoisotopic (exact) mass is 347 g/mol. The number of hydrogen-bond donors (Lipinski definition) is 1. The van der Waals surface area contributed by atoms with Crippen LogP contribution >= 0.6 is 0 Å². The van der Waals surface area contributed by atoms with E-state index in [0.29, 0.717) is 13.2 Å². The third kappa shape index (κ3) is 6.52. The summed E-state index contributed by atoms with van der Waals surface area (Å²) >= 11 is 0. The molecule has 1 atom stereocenters. The van der Waals surface area contributed by atoms with Gasteiger partial charge in [0.15, 0.2) is 11.6 Å². The second-order valence-corrected chi connectivity index (χ2v) is 5.32. The first-order valence-corrected chi connectivity index (χ1v) is 7.99. The Morgan fingerprint density at radius 1 is 1.08 bits per heavy atom. The summed E-state index contributed by atoms with van der Waals surface area (Å²) in [6.07, 6.45) is 0. The summed E-state index contributed by atoms with van der Waals surface area (Å²) in [6, 6.07) is 15.1. The topological polar surface area (TPSA) is 56.8 Å². The summed E-state index contributed by atoms with van der Waals surface area (Å²) in [6.45, 7) is 0.790. The van der Waals surface area contributed by atoms with E-state index in [-0.39, 0.29) is 24.9 Å². The lowest BCUT2D eigenvalue weighted by molar-refractivity contribution is -0.127. The van der Waals surface area contributed by atoms with Crippen molar-refractivity contribution in [3.63, 3.8) is 0 Å². The van der Waals surface area contributed by atoms with E-state index < -0.39 is 11.9 Å². The van der Waals surface area contributed by atoms with Crippen LogP contribution in [-0.4, -0.2) is 39.4 Å². The number of halogens is 1. The first kappa shape index (κ1) is 18.9. The van der Waals surface area contributed by atoms with E-state index in [2.05, 4.69) is 5.32 Å². The third-order valence-corrected chi connectivity index (χ3v) is 3.44. The number of ether oxygens (including phenoxy) is 3. The molecule has 6 heteroatoms. The molecule has 2 aromatic carbocycles. The highest BCUT2D eigenvalue weighted by molar-refractivity contribution is 5.77. The maximum absolute atomic E-state index is 13.7. The molecule has 0 heterocycles. The lowest BCUT2D eigenvalue weighted by atomic mass is 10.1. The van der Waals surface area contributed by atoms with E-state index in [9.17, 15) is 9.18 Å². The normalized spacial score (nSPS) is 11.8. The summed E-state index contributed by atoms with van der Waals surface area (Å²) in [5.74, 6) is -0.570. The van der Waals surface area contributed by atoms with Crippen molar-refractivity contribution in [2.75, 3.05) is 33.5 Å². The number of carbonyl (C=O) groups excluding carboxylic acids is 1. The van der Waals surface area contributed by atoms with Gasteiger partial charge in [0.25, 0.3) is 0 Å². The van der Waals surface area contributed by atoms with Crippen LogP contribution in [0.5, 0.6) is 5.75 Å². The Balaban J connectivity index is 1.96. The zero-order chi connectivity index (χ0) is 17.9. The van der Waals surface area contributed by atoms with E-state index in [1.54, 1.807) is 25.3 Å². The number of nitrogens with one attached hydrogen (secondary N) is 1. The zero-order valence-corrected chi connectivity index (χ0v) is 14.1. The van der Waals surface area contributed by atoms with Crippen molar-refractivity contribution < 1.29 is 23.4 Å². The van der Waals surface area contributed by atoms with Crippen molar-refractivity contribution in [1.29, 1.82) is 0 Å². The average molecular weight is 347 g/mol. The number of amides is 1. The second-order valence-electron chi connectivity index (χ2n) is 5.32. The van der Waals surface area contributed by atoms with Gasteiger partial charge in [-0.3, -0.25) is 4.79 Å². The van der Waals surface area contributed by atoms with Crippen LogP contribution in [-0.2, 0) is 14.3 Å². The van der Waals surface area contributed by atoms with Gasteiger partial charge in [0.05, 0.1) is 19.3 Å². The SMILES string of the molecule is COCCOCC(=O)NC(COc1ccccc1F)c1ccccc1. The molecular formula is C19H22FNO4. The molecule has 0 aromatic heterocycles. The second kappa shape index (κ2) is 10.4. The Hall–Kier alpha value is -2.44. The van der Waals surface area contributed by atoms with E-state index in [1.807, 2.05) is 30.3 Å². The molecule has 0 bridgehead atoms. The van der Waals surface area contributed by atoms with Crippen LogP contribution in [0.1, 0.15) is 11.6 Å². The molecule has 1 amide bonds. The van der Waals surface area contributed by atoms with Crippen molar-refractivity contribution in [3.8, 4) is 5.75 Å². The maximum Gasteiger partial charge on any atom is 0.246 e. The maximum atomic E-state index is 13.7. The van der Waals surface area contributed by atoms with Crippen molar-refractivity contribution in [2.24, 2.45) is 0 Å². The summed E-state index contributed by atoms with van der Waals surface area (Å²) in [4.78, 5) is 12.1. The van der Waals surface area contributed by atoms with Crippen LogP contribution in [0.15, 0.2) is 54.6 Å². The van der Waals surface area contributed by atoms with Crippen LogP contribution < -0.4 is 10.1 Å². The number of rotatable bonds is 10. The molecule has 1 N–H and O–H groups in total. The minimum absolute atomic E-state index is 0.0770. The number of benzene rings is 2. The molecule has 0 saturated heterocycles. The van der Waals surface area contributed by atoms with Gasteiger partial charge in [-0.1, -0.05) is 42.5 Å². The van der Waals surface area contributed by atoms with Crippen LogP contribution in [0, 0.1) is 5.82 Å². The Morgan fingerprint density at radius 2 is 1.80 bits per heavy atom. The lowest BCUT2D eigenvalue weighted by Crippen LogP contribution is -2.35. The minimum atomic E-state index is -0.441. The van der Waals surface area contributed by atoms with Crippen molar-refractivity contribution in [1.82, 2.24) is 5.32 Å². The molecule has 0 radical (unpaired) electrons. The van der Waals surface area contributed by atoms with Crippen LogP contribution in [0.4, 0.5) is 4.39 Å². The number of carbonyl (C=O) groups is 1. The smallest absolute Gasteiger partial charge is 0.246 e. The molecule has 5 nitrogen and oxygen atoms in total. The first-order valence-electron chi connectivity index (χ1n) is 7.99. The molecule has 2 rings (SSSR count). The molecule has 25 heavy (non-hydrogen) atoms. The summed E-state index contributed by atoms with van der Waals surface area (Å²) < 4.78 is 29.3. The van der Waals surface area contributed by atoms with Gasteiger partial charge in [-0.15, -0.1) is 0 Å².